The standard InChI is InChI=1S/C23H32N2O5/c1-15(24-18(23(29)30-2)13-12-16-8-4-3-5-9-16)21(26)25-19-11-7-6-10-17(19)14-20(25)22(27)28/h3-5,8-9,15,17-20,24H,6-7,10-14H2,1-2H3,(H,27,28)/t15-,17+,18-,19+,20-/m0/s1. The Morgan fingerprint density at radius 3 is 2.57 bits per heavy atom. The van der Waals surface area contributed by atoms with Crippen molar-refractivity contribution in [3.63, 3.8) is 0 Å². The van der Waals surface area contributed by atoms with Crippen molar-refractivity contribution < 1.29 is 24.2 Å². The Kier molecular flexibility index (Phi) is 7.48. The minimum atomic E-state index is -0.946. The summed E-state index contributed by atoms with van der Waals surface area (Å²) in [5.74, 6) is -1.35. The molecular weight excluding hydrogens is 384 g/mol. The Hall–Kier alpha value is -2.41. The molecule has 1 amide bonds. The number of rotatable bonds is 8. The largest absolute Gasteiger partial charge is 0.480 e. The van der Waals surface area contributed by atoms with Crippen molar-refractivity contribution in [3.05, 3.63) is 35.9 Å². The number of carbonyl (C=O) groups is 3. The van der Waals surface area contributed by atoms with Gasteiger partial charge in [0.15, 0.2) is 0 Å². The second-order valence-corrected chi connectivity index (χ2v) is 8.44. The lowest BCUT2D eigenvalue weighted by atomic mass is 9.84. The number of methoxy groups -OCH3 is 1. The van der Waals surface area contributed by atoms with Gasteiger partial charge in [0.1, 0.15) is 12.1 Å². The predicted molar refractivity (Wildman–Crippen MR) is 112 cm³/mol. The van der Waals surface area contributed by atoms with Crippen LogP contribution in [-0.2, 0) is 25.5 Å². The van der Waals surface area contributed by atoms with Crippen LogP contribution in [0.1, 0.15) is 51.0 Å². The highest BCUT2D eigenvalue weighted by molar-refractivity contribution is 5.88. The number of ether oxygens (including phenoxy) is 1. The van der Waals surface area contributed by atoms with E-state index >= 15 is 0 Å². The zero-order valence-corrected chi connectivity index (χ0v) is 17.8. The van der Waals surface area contributed by atoms with E-state index in [1.807, 2.05) is 30.3 Å². The molecule has 2 aliphatic rings. The maximum absolute atomic E-state index is 13.3. The number of aliphatic carboxylic acids is 1. The van der Waals surface area contributed by atoms with Crippen LogP contribution in [0.3, 0.4) is 0 Å². The van der Waals surface area contributed by atoms with Crippen LogP contribution in [0, 0.1) is 5.92 Å². The average molecular weight is 417 g/mol. The Balaban J connectivity index is 1.68. The maximum atomic E-state index is 13.3. The van der Waals surface area contributed by atoms with Crippen molar-refractivity contribution in [1.29, 1.82) is 0 Å². The van der Waals surface area contributed by atoms with Crippen LogP contribution in [-0.4, -0.2) is 59.1 Å². The molecule has 1 aromatic rings. The summed E-state index contributed by atoms with van der Waals surface area (Å²) in [6, 6.07) is 7.71. The van der Waals surface area contributed by atoms with Gasteiger partial charge in [-0.3, -0.25) is 14.9 Å². The summed E-state index contributed by atoms with van der Waals surface area (Å²) < 4.78 is 4.93. The van der Waals surface area contributed by atoms with E-state index in [9.17, 15) is 19.5 Å². The number of carboxylic acids is 1. The maximum Gasteiger partial charge on any atom is 0.326 e. The average Bonchev–Trinajstić information content (AvgIpc) is 3.16. The van der Waals surface area contributed by atoms with E-state index in [4.69, 9.17) is 4.74 Å². The Morgan fingerprint density at radius 2 is 1.90 bits per heavy atom. The molecule has 7 heteroatoms. The fraction of sp³-hybridized carbons (Fsp3) is 0.609. The first-order valence-electron chi connectivity index (χ1n) is 10.8. The molecule has 1 aliphatic carbocycles. The van der Waals surface area contributed by atoms with Crippen LogP contribution in [0.25, 0.3) is 0 Å². The van der Waals surface area contributed by atoms with Crippen molar-refractivity contribution in [1.82, 2.24) is 10.2 Å². The van der Waals surface area contributed by atoms with Crippen molar-refractivity contribution in [2.24, 2.45) is 5.92 Å². The number of nitrogens with zero attached hydrogens (tertiary/aromatic N) is 1. The number of esters is 1. The number of nitrogens with one attached hydrogen (secondary N) is 1. The van der Waals surface area contributed by atoms with Gasteiger partial charge in [0.2, 0.25) is 5.91 Å². The van der Waals surface area contributed by atoms with Crippen LogP contribution in [0.15, 0.2) is 30.3 Å². The van der Waals surface area contributed by atoms with Gasteiger partial charge in [-0.15, -0.1) is 0 Å². The van der Waals surface area contributed by atoms with E-state index < -0.39 is 30.1 Å². The zero-order valence-electron chi connectivity index (χ0n) is 17.8. The molecule has 0 bridgehead atoms. The summed E-state index contributed by atoms with van der Waals surface area (Å²) in [6.07, 6.45) is 5.60. The molecule has 2 N–H and O–H groups in total. The van der Waals surface area contributed by atoms with E-state index in [2.05, 4.69) is 5.32 Å². The second-order valence-electron chi connectivity index (χ2n) is 8.44. The number of carbonyl (C=O) groups excluding carboxylic acids is 2. The summed E-state index contributed by atoms with van der Waals surface area (Å²) in [5, 5.41) is 12.8. The van der Waals surface area contributed by atoms with Crippen molar-refractivity contribution >= 4 is 17.8 Å². The third-order valence-corrected chi connectivity index (χ3v) is 6.50. The lowest BCUT2D eigenvalue weighted by Crippen LogP contribution is -2.55. The van der Waals surface area contributed by atoms with E-state index in [-0.39, 0.29) is 17.9 Å². The van der Waals surface area contributed by atoms with Gasteiger partial charge in [0, 0.05) is 6.04 Å². The van der Waals surface area contributed by atoms with Gasteiger partial charge in [0.05, 0.1) is 13.2 Å². The molecule has 1 heterocycles. The molecule has 5 atom stereocenters. The first kappa shape index (κ1) is 22.3. The molecule has 0 unspecified atom stereocenters. The highest BCUT2D eigenvalue weighted by Crippen LogP contribution is 2.40. The molecule has 3 rings (SSSR count). The fourth-order valence-electron chi connectivity index (χ4n) is 4.96. The van der Waals surface area contributed by atoms with Gasteiger partial charge in [-0.2, -0.15) is 0 Å². The van der Waals surface area contributed by atoms with Gasteiger partial charge >= 0.3 is 11.9 Å². The second kappa shape index (κ2) is 10.1. The fourth-order valence-corrected chi connectivity index (χ4v) is 4.96. The number of benzene rings is 1. The molecule has 0 radical (unpaired) electrons. The van der Waals surface area contributed by atoms with Crippen LogP contribution in [0.4, 0.5) is 0 Å². The van der Waals surface area contributed by atoms with Crippen LogP contribution >= 0.6 is 0 Å². The van der Waals surface area contributed by atoms with Gasteiger partial charge in [-0.25, -0.2) is 4.79 Å². The molecule has 1 saturated carbocycles. The highest BCUT2D eigenvalue weighted by atomic mass is 16.5. The quantitative estimate of drug-likeness (QED) is 0.632. The molecule has 1 aromatic carbocycles. The zero-order chi connectivity index (χ0) is 21.7. The Bertz CT molecular complexity index is 753. The minimum absolute atomic E-state index is 0.0162. The molecule has 1 aliphatic heterocycles. The summed E-state index contributed by atoms with van der Waals surface area (Å²) >= 11 is 0. The normalized spacial score (nSPS) is 25.3. The number of carboxylic acid groups (broad SMARTS) is 1. The summed E-state index contributed by atoms with van der Waals surface area (Å²) in [4.78, 5) is 39.0. The van der Waals surface area contributed by atoms with Crippen molar-refractivity contribution in [2.45, 2.75) is 76.0 Å². The molecule has 0 aromatic heterocycles. The number of aryl methyl sites for hydroxylation is 1. The summed E-state index contributed by atoms with van der Waals surface area (Å²) in [7, 11) is 1.33. The van der Waals surface area contributed by atoms with E-state index in [1.165, 1.54) is 7.11 Å². The highest BCUT2D eigenvalue weighted by Gasteiger charge is 2.48. The van der Waals surface area contributed by atoms with Crippen LogP contribution < -0.4 is 5.32 Å². The number of hydrogen-bond acceptors (Lipinski definition) is 5. The number of hydrogen-bond donors (Lipinski definition) is 2. The molecule has 1 saturated heterocycles. The first-order chi connectivity index (χ1) is 14.4. The van der Waals surface area contributed by atoms with Crippen molar-refractivity contribution in [2.75, 3.05) is 7.11 Å². The Labute approximate surface area is 177 Å². The van der Waals surface area contributed by atoms with Crippen LogP contribution in [0.2, 0.25) is 0 Å². The van der Waals surface area contributed by atoms with E-state index in [0.29, 0.717) is 19.3 Å². The predicted octanol–water partition coefficient (Wildman–Crippen LogP) is 2.38. The SMILES string of the molecule is COC(=O)[C@H](CCc1ccccc1)N[C@@H](C)C(=O)N1[C@@H]2CCCC[C@@H]2C[C@H]1C(=O)O. The Morgan fingerprint density at radius 1 is 1.20 bits per heavy atom. The van der Waals surface area contributed by atoms with E-state index in [0.717, 1.165) is 31.2 Å². The molecular formula is C23H32N2O5. The van der Waals surface area contributed by atoms with E-state index in [1.54, 1.807) is 11.8 Å². The van der Waals surface area contributed by atoms with Gasteiger partial charge < -0.3 is 14.7 Å². The third kappa shape index (κ3) is 5.01. The topological polar surface area (TPSA) is 95.9 Å². The molecule has 7 nitrogen and oxygen atoms in total. The molecule has 30 heavy (non-hydrogen) atoms. The lowest BCUT2D eigenvalue weighted by Gasteiger charge is -2.35. The van der Waals surface area contributed by atoms with Crippen LogP contribution in [0.5, 0.6) is 0 Å². The van der Waals surface area contributed by atoms with Crippen molar-refractivity contribution in [3.8, 4) is 0 Å². The van der Waals surface area contributed by atoms with Gasteiger partial charge in [0.25, 0.3) is 0 Å². The smallest absolute Gasteiger partial charge is 0.326 e. The summed E-state index contributed by atoms with van der Waals surface area (Å²) in [6.45, 7) is 1.70. The first-order valence-corrected chi connectivity index (χ1v) is 10.8. The molecule has 164 valence electrons. The summed E-state index contributed by atoms with van der Waals surface area (Å²) in [5.41, 5.74) is 1.10. The lowest BCUT2D eigenvalue weighted by molar-refractivity contribution is -0.151. The monoisotopic (exact) mass is 416 g/mol. The van der Waals surface area contributed by atoms with Gasteiger partial charge in [-0.1, -0.05) is 43.2 Å². The van der Waals surface area contributed by atoms with Gasteiger partial charge in [-0.05, 0) is 50.5 Å². The number of fused-ring (bicyclic) bond motifs is 1. The number of likely N-dealkylation sites (tertiary alicyclic amines) is 1. The number of amides is 1. The molecule has 2 fully saturated rings. The molecule has 0 spiro atoms. The third-order valence-electron chi connectivity index (χ3n) is 6.50. The minimum Gasteiger partial charge on any atom is -0.480 e.